The molecule has 2 heterocycles. The lowest BCUT2D eigenvalue weighted by molar-refractivity contribution is -0.0366. The molecule has 2 aliphatic heterocycles. The first-order valence-corrected chi connectivity index (χ1v) is 10.3. The molecular formula is C17H20N4O3S2. The minimum absolute atomic E-state index is 0.0314. The van der Waals surface area contributed by atoms with Gasteiger partial charge in [0, 0.05) is 11.3 Å². The van der Waals surface area contributed by atoms with Crippen LogP contribution in [0.15, 0.2) is 45.8 Å². The number of benzene rings is 1. The number of nitrogens with one attached hydrogen (secondary N) is 2. The number of nitrogens with zero attached hydrogens (tertiary/aromatic N) is 2. The number of hydrazine groups is 1. The van der Waals surface area contributed by atoms with Crippen LogP contribution in [-0.2, 0) is 9.47 Å². The number of rotatable bonds is 5. The van der Waals surface area contributed by atoms with Gasteiger partial charge in [0.15, 0.2) is 6.23 Å². The van der Waals surface area contributed by atoms with Gasteiger partial charge in [-0.05, 0) is 25.3 Å². The highest BCUT2D eigenvalue weighted by Gasteiger charge is 2.44. The lowest BCUT2D eigenvalue weighted by Crippen LogP contribution is -2.61. The Morgan fingerprint density at radius 3 is 2.85 bits per heavy atom. The molecule has 1 aromatic carbocycles. The molecule has 9 heteroatoms. The summed E-state index contributed by atoms with van der Waals surface area (Å²) in [5.74, 6) is 0. The Balaban J connectivity index is 1.81. The fraction of sp³-hybridized carbons (Fsp3) is 0.412. The summed E-state index contributed by atoms with van der Waals surface area (Å²) in [7, 11) is 0. The Bertz CT molecular complexity index is 722. The summed E-state index contributed by atoms with van der Waals surface area (Å²) in [5, 5.41) is 15.6. The number of hydrogen-bond acceptors (Lipinski definition) is 9. The molecule has 2 N–H and O–H groups in total. The average Bonchev–Trinajstić information content (AvgIpc) is 3.00. The Kier molecular flexibility index (Phi) is 6.32. The molecule has 0 amide bonds. The van der Waals surface area contributed by atoms with Crippen molar-refractivity contribution < 1.29 is 14.3 Å². The fourth-order valence-electron chi connectivity index (χ4n) is 2.83. The maximum atomic E-state index is 11.7. The van der Waals surface area contributed by atoms with E-state index in [9.17, 15) is 10.1 Å². The third-order valence-electron chi connectivity index (χ3n) is 3.94. The van der Waals surface area contributed by atoms with Crippen LogP contribution in [0.25, 0.3) is 0 Å². The van der Waals surface area contributed by atoms with Gasteiger partial charge in [0.05, 0.1) is 22.6 Å². The molecule has 0 radical (unpaired) electrons. The smallest absolute Gasteiger partial charge is 0.435 e. The van der Waals surface area contributed by atoms with Crippen LogP contribution >= 0.6 is 23.5 Å². The molecule has 1 fully saturated rings. The van der Waals surface area contributed by atoms with E-state index >= 15 is 0 Å². The molecule has 0 aliphatic carbocycles. The predicted octanol–water partition coefficient (Wildman–Crippen LogP) is 2.84. The summed E-state index contributed by atoms with van der Waals surface area (Å²) in [6, 6.07) is 12.3. The number of ether oxygens (including phenoxy) is 2. The first-order chi connectivity index (χ1) is 12.7. The van der Waals surface area contributed by atoms with E-state index in [2.05, 4.69) is 16.8 Å². The molecule has 7 nitrogen and oxygen atoms in total. The second-order valence-electron chi connectivity index (χ2n) is 5.56. The second kappa shape index (κ2) is 8.68. The second-order valence-corrected chi connectivity index (χ2v) is 7.63. The third-order valence-corrected chi connectivity index (χ3v) is 5.89. The molecule has 0 aromatic heterocycles. The first kappa shape index (κ1) is 18.9. The molecule has 1 saturated heterocycles. The molecule has 0 bridgehead atoms. The van der Waals surface area contributed by atoms with Crippen molar-refractivity contribution >= 4 is 29.7 Å². The summed E-state index contributed by atoms with van der Waals surface area (Å²) >= 11 is 3.14. The summed E-state index contributed by atoms with van der Waals surface area (Å²) in [4.78, 5) is 12.8. The summed E-state index contributed by atoms with van der Waals surface area (Å²) < 4.78 is 10.3. The molecule has 3 unspecified atom stereocenters. The molecule has 3 rings (SSSR count). The Labute approximate surface area is 161 Å². The van der Waals surface area contributed by atoms with Crippen LogP contribution in [0.1, 0.15) is 13.3 Å². The van der Waals surface area contributed by atoms with E-state index in [1.165, 1.54) is 11.8 Å². The van der Waals surface area contributed by atoms with Crippen molar-refractivity contribution in [1.82, 2.24) is 15.8 Å². The van der Waals surface area contributed by atoms with Crippen molar-refractivity contribution in [2.75, 3.05) is 12.9 Å². The zero-order chi connectivity index (χ0) is 18.5. The molecular weight excluding hydrogens is 372 g/mol. The maximum absolute atomic E-state index is 11.7. The van der Waals surface area contributed by atoms with Gasteiger partial charge in [0.1, 0.15) is 12.2 Å². The van der Waals surface area contributed by atoms with E-state index in [-0.39, 0.29) is 18.1 Å². The predicted molar refractivity (Wildman–Crippen MR) is 101 cm³/mol. The highest BCUT2D eigenvalue weighted by Crippen LogP contribution is 2.37. The van der Waals surface area contributed by atoms with Crippen molar-refractivity contribution in [2.45, 2.75) is 36.0 Å². The van der Waals surface area contributed by atoms with Crippen molar-refractivity contribution in [3.63, 3.8) is 0 Å². The number of carbonyl (C=O) groups excluding carboxylic acids is 1. The summed E-state index contributed by atoms with van der Waals surface area (Å²) in [6.45, 7) is 1.98. The van der Waals surface area contributed by atoms with Gasteiger partial charge in [-0.25, -0.2) is 4.79 Å². The summed E-state index contributed by atoms with van der Waals surface area (Å²) in [5.41, 5.74) is 3.90. The lowest BCUT2D eigenvalue weighted by atomic mass is 10.2. The van der Waals surface area contributed by atoms with Crippen LogP contribution in [0.4, 0.5) is 4.79 Å². The van der Waals surface area contributed by atoms with Gasteiger partial charge >= 0.3 is 6.16 Å². The van der Waals surface area contributed by atoms with Crippen molar-refractivity contribution in [3.8, 4) is 6.07 Å². The number of nitriles is 1. The van der Waals surface area contributed by atoms with Gasteiger partial charge in [-0.3, -0.25) is 5.32 Å². The van der Waals surface area contributed by atoms with Gasteiger partial charge in [-0.1, -0.05) is 18.2 Å². The molecule has 0 spiro atoms. The van der Waals surface area contributed by atoms with Gasteiger partial charge in [-0.15, -0.1) is 23.5 Å². The van der Waals surface area contributed by atoms with Crippen molar-refractivity contribution in [2.24, 2.45) is 0 Å². The van der Waals surface area contributed by atoms with E-state index in [4.69, 9.17) is 9.47 Å². The fourth-order valence-corrected chi connectivity index (χ4v) is 4.59. The molecule has 26 heavy (non-hydrogen) atoms. The standard InChI is InChI=1S/C17H20N4O3S2/c1-3-23-17(22)24-13-9-14(26-11-7-5-4-6-8-11)21-15(19-13)12(10-18)16(20-21)25-2/h4-8,13-15,19-20H,3,9H2,1-2H3. The largest absolute Gasteiger partial charge is 0.509 e. The highest BCUT2D eigenvalue weighted by atomic mass is 32.2. The van der Waals surface area contributed by atoms with Crippen LogP contribution in [0.5, 0.6) is 0 Å². The minimum Gasteiger partial charge on any atom is -0.435 e. The molecule has 1 aromatic rings. The van der Waals surface area contributed by atoms with Gasteiger partial charge in [0.2, 0.25) is 0 Å². The Morgan fingerprint density at radius 2 is 2.19 bits per heavy atom. The average molecular weight is 393 g/mol. The monoisotopic (exact) mass is 392 g/mol. The zero-order valence-electron chi connectivity index (χ0n) is 14.5. The lowest BCUT2D eigenvalue weighted by Gasteiger charge is -2.41. The van der Waals surface area contributed by atoms with E-state index in [1.54, 1.807) is 18.7 Å². The molecule has 2 aliphatic rings. The number of thioether (sulfide) groups is 2. The summed E-state index contributed by atoms with van der Waals surface area (Å²) in [6.07, 6.45) is 0.854. The van der Waals surface area contributed by atoms with Crippen LogP contribution < -0.4 is 10.7 Å². The topological polar surface area (TPSA) is 86.6 Å². The van der Waals surface area contributed by atoms with Crippen LogP contribution in [-0.4, -0.2) is 41.8 Å². The first-order valence-electron chi connectivity index (χ1n) is 8.20. The van der Waals surface area contributed by atoms with E-state index in [0.29, 0.717) is 12.0 Å². The quantitative estimate of drug-likeness (QED) is 0.735. The minimum atomic E-state index is -0.708. The zero-order valence-corrected chi connectivity index (χ0v) is 16.1. The molecule has 0 saturated carbocycles. The Morgan fingerprint density at radius 1 is 1.42 bits per heavy atom. The van der Waals surface area contributed by atoms with E-state index in [1.807, 2.05) is 41.6 Å². The highest BCUT2D eigenvalue weighted by molar-refractivity contribution is 8.02. The van der Waals surface area contributed by atoms with Gasteiger partial charge in [0.25, 0.3) is 0 Å². The van der Waals surface area contributed by atoms with Crippen LogP contribution in [0.2, 0.25) is 0 Å². The van der Waals surface area contributed by atoms with Crippen LogP contribution in [0, 0.1) is 11.3 Å². The Hall–Kier alpha value is -1.86. The van der Waals surface area contributed by atoms with Crippen molar-refractivity contribution in [1.29, 1.82) is 5.26 Å². The van der Waals surface area contributed by atoms with Gasteiger partial charge in [-0.2, -0.15) is 10.3 Å². The number of hydrogen-bond donors (Lipinski definition) is 2. The molecule has 3 atom stereocenters. The van der Waals surface area contributed by atoms with Gasteiger partial charge < -0.3 is 14.9 Å². The molecule has 138 valence electrons. The van der Waals surface area contributed by atoms with Crippen LogP contribution in [0.3, 0.4) is 0 Å². The normalized spacial score (nSPS) is 25.2. The van der Waals surface area contributed by atoms with E-state index in [0.717, 1.165) is 9.92 Å². The number of carbonyl (C=O) groups is 1. The third kappa shape index (κ3) is 4.10. The SMILES string of the molecule is CCOC(=O)OC1CC(Sc2ccccc2)N2NC(SC)=C(C#N)C2N1. The van der Waals surface area contributed by atoms with E-state index < -0.39 is 12.4 Å². The maximum Gasteiger partial charge on any atom is 0.509 e. The van der Waals surface area contributed by atoms with Crippen molar-refractivity contribution in [3.05, 3.63) is 40.9 Å². The number of fused-ring (bicyclic) bond motifs is 1.